The van der Waals surface area contributed by atoms with Gasteiger partial charge >= 0.3 is 6.03 Å². The fraction of sp³-hybridized carbons (Fsp3) is 0.179. The number of fused-ring (bicyclic) bond motifs is 1. The van der Waals surface area contributed by atoms with Crippen molar-refractivity contribution in [2.45, 2.75) is 25.3 Å². The minimum atomic E-state index is -0.346. The van der Waals surface area contributed by atoms with Crippen LogP contribution < -0.4 is 20.1 Å². The van der Waals surface area contributed by atoms with E-state index in [4.69, 9.17) is 9.47 Å². The van der Waals surface area contributed by atoms with Crippen LogP contribution in [0.2, 0.25) is 0 Å². The minimum absolute atomic E-state index is 0.0554. The molecule has 3 aromatic carbocycles. The summed E-state index contributed by atoms with van der Waals surface area (Å²) in [4.78, 5) is 25.6. The van der Waals surface area contributed by atoms with Gasteiger partial charge in [-0.25, -0.2) is 4.79 Å². The number of amides is 2. The summed E-state index contributed by atoms with van der Waals surface area (Å²) in [5.74, 6) is 0.977. The molecule has 0 spiro atoms. The van der Waals surface area contributed by atoms with Crippen molar-refractivity contribution in [1.82, 2.24) is 15.1 Å². The molecule has 0 bridgehead atoms. The number of phenolic OH excluding ortho intramolecular Hbond substituents is 1. The molecule has 1 aliphatic carbocycles. The van der Waals surface area contributed by atoms with Crippen LogP contribution in [0.25, 0.3) is 11.3 Å². The van der Waals surface area contributed by atoms with E-state index in [1.54, 1.807) is 30.3 Å². The maximum atomic E-state index is 12.9. The van der Waals surface area contributed by atoms with Gasteiger partial charge in [0.05, 0.1) is 11.4 Å². The molecular weight excluding hydrogens is 472 g/mol. The first-order valence-corrected chi connectivity index (χ1v) is 12.0. The Balaban J connectivity index is 1.19. The Kier molecular flexibility index (Phi) is 5.72. The van der Waals surface area contributed by atoms with E-state index in [-0.39, 0.29) is 30.4 Å². The second-order valence-corrected chi connectivity index (χ2v) is 9.04. The highest BCUT2D eigenvalue weighted by atomic mass is 16.7. The van der Waals surface area contributed by atoms with Gasteiger partial charge in [-0.3, -0.25) is 4.79 Å². The van der Waals surface area contributed by atoms with E-state index in [0.717, 1.165) is 24.1 Å². The van der Waals surface area contributed by atoms with Crippen molar-refractivity contribution >= 4 is 17.6 Å². The van der Waals surface area contributed by atoms with Crippen LogP contribution in [0.5, 0.6) is 17.2 Å². The lowest BCUT2D eigenvalue weighted by Gasteiger charge is -2.09. The van der Waals surface area contributed by atoms with Gasteiger partial charge in [-0.2, -0.15) is 9.78 Å². The molecule has 37 heavy (non-hydrogen) atoms. The van der Waals surface area contributed by atoms with Crippen molar-refractivity contribution in [2.75, 3.05) is 12.1 Å². The number of carbonyl (C=O) groups excluding carboxylic acids is 2. The zero-order valence-corrected chi connectivity index (χ0v) is 19.8. The number of hydrogen-bond donors (Lipinski definition) is 3. The molecule has 2 heterocycles. The second-order valence-electron chi connectivity index (χ2n) is 9.04. The van der Waals surface area contributed by atoms with Crippen LogP contribution >= 0.6 is 0 Å². The highest BCUT2D eigenvalue weighted by molar-refractivity contribution is 6.05. The van der Waals surface area contributed by atoms with Crippen molar-refractivity contribution in [1.29, 1.82) is 0 Å². The van der Waals surface area contributed by atoms with Gasteiger partial charge in [0.15, 0.2) is 11.5 Å². The summed E-state index contributed by atoms with van der Waals surface area (Å²) in [6.45, 7) is 0.518. The first kappa shape index (κ1) is 22.7. The minimum Gasteiger partial charge on any atom is -0.507 e. The Morgan fingerprint density at radius 1 is 0.973 bits per heavy atom. The maximum absolute atomic E-state index is 12.9. The lowest BCUT2D eigenvalue weighted by atomic mass is 10.1. The summed E-state index contributed by atoms with van der Waals surface area (Å²) in [6, 6.07) is 21.0. The fourth-order valence-electron chi connectivity index (χ4n) is 4.28. The molecule has 2 aliphatic rings. The lowest BCUT2D eigenvalue weighted by molar-refractivity contribution is 0.102. The fourth-order valence-corrected chi connectivity index (χ4v) is 4.28. The van der Waals surface area contributed by atoms with Gasteiger partial charge in [0.1, 0.15) is 5.75 Å². The number of aromatic hydroxyl groups is 1. The van der Waals surface area contributed by atoms with Crippen LogP contribution in [0.4, 0.5) is 10.5 Å². The van der Waals surface area contributed by atoms with Crippen LogP contribution in [0.3, 0.4) is 0 Å². The summed E-state index contributed by atoms with van der Waals surface area (Å²) in [7, 11) is 0. The molecule has 1 aliphatic heterocycles. The van der Waals surface area contributed by atoms with E-state index >= 15 is 0 Å². The van der Waals surface area contributed by atoms with Gasteiger partial charge in [0.2, 0.25) is 6.79 Å². The molecule has 0 saturated heterocycles. The van der Waals surface area contributed by atoms with Gasteiger partial charge in [0, 0.05) is 35.3 Å². The first-order chi connectivity index (χ1) is 18.0. The van der Waals surface area contributed by atoms with Crippen LogP contribution in [-0.4, -0.2) is 33.6 Å². The SMILES string of the molecule is O=C(Nc1ccc(-c2cc(C3CC3)n(C(=O)NCc3ccccc3)n2)c(O)c1)c1ccc2c(c1)OCO2. The molecule has 1 aromatic heterocycles. The third-order valence-corrected chi connectivity index (χ3v) is 6.38. The lowest BCUT2D eigenvalue weighted by Crippen LogP contribution is -2.30. The monoisotopic (exact) mass is 496 g/mol. The van der Waals surface area contributed by atoms with E-state index in [2.05, 4.69) is 15.7 Å². The molecule has 4 aromatic rings. The molecular formula is C28H24N4O5. The third kappa shape index (κ3) is 4.71. The van der Waals surface area contributed by atoms with E-state index < -0.39 is 0 Å². The smallest absolute Gasteiger partial charge is 0.342 e. The van der Waals surface area contributed by atoms with Crippen molar-refractivity contribution < 1.29 is 24.2 Å². The molecule has 0 unspecified atom stereocenters. The number of rotatable bonds is 6. The van der Waals surface area contributed by atoms with Crippen LogP contribution in [0.1, 0.15) is 40.4 Å². The van der Waals surface area contributed by atoms with Gasteiger partial charge < -0.3 is 25.2 Å². The normalized spacial score (nSPS) is 13.8. The highest BCUT2D eigenvalue weighted by Crippen LogP contribution is 2.42. The van der Waals surface area contributed by atoms with Crippen molar-refractivity contribution in [2.24, 2.45) is 0 Å². The standard InChI is InChI=1S/C28H24N4O5/c33-24-13-20(30-27(34)19-8-11-25-26(12-19)37-16-36-25)9-10-21(24)22-14-23(18-6-7-18)32(31-22)28(35)29-15-17-4-2-1-3-5-17/h1-5,8-14,18,33H,6-7,15-16H2,(H,29,35)(H,30,34). The Morgan fingerprint density at radius 2 is 1.78 bits per heavy atom. The van der Waals surface area contributed by atoms with E-state index in [1.165, 1.54) is 10.7 Å². The Morgan fingerprint density at radius 3 is 2.57 bits per heavy atom. The number of nitrogens with zero attached hydrogens (tertiary/aromatic N) is 2. The predicted octanol–water partition coefficient (Wildman–Crippen LogP) is 4.87. The number of ether oxygens (including phenoxy) is 2. The summed E-state index contributed by atoms with van der Waals surface area (Å²) in [5, 5.41) is 21.0. The molecule has 186 valence electrons. The van der Waals surface area contributed by atoms with Crippen LogP contribution in [-0.2, 0) is 6.54 Å². The number of carbonyl (C=O) groups is 2. The van der Waals surface area contributed by atoms with Gasteiger partial charge in [-0.1, -0.05) is 30.3 Å². The van der Waals surface area contributed by atoms with Gasteiger partial charge in [-0.15, -0.1) is 0 Å². The number of hydrogen-bond acceptors (Lipinski definition) is 6. The molecule has 0 atom stereocenters. The second kappa shape index (κ2) is 9.34. The number of anilines is 1. The number of aromatic nitrogens is 2. The molecule has 1 fully saturated rings. The zero-order chi connectivity index (χ0) is 25.4. The Hall–Kier alpha value is -4.79. The first-order valence-electron chi connectivity index (χ1n) is 12.0. The Bertz CT molecular complexity index is 1490. The van der Waals surface area contributed by atoms with Crippen molar-refractivity contribution in [3.8, 4) is 28.5 Å². The van der Waals surface area contributed by atoms with Crippen molar-refractivity contribution in [3.05, 3.63) is 89.6 Å². The van der Waals surface area contributed by atoms with Gasteiger partial charge in [0.25, 0.3) is 5.91 Å². The summed E-state index contributed by atoms with van der Waals surface area (Å²) in [6.07, 6.45) is 1.99. The molecule has 1 saturated carbocycles. The third-order valence-electron chi connectivity index (χ3n) is 6.38. The number of phenols is 1. The van der Waals surface area contributed by atoms with Gasteiger partial charge in [-0.05, 0) is 54.8 Å². The molecule has 9 heteroatoms. The molecule has 9 nitrogen and oxygen atoms in total. The van der Waals surface area contributed by atoms with Crippen molar-refractivity contribution in [3.63, 3.8) is 0 Å². The summed E-state index contributed by atoms with van der Waals surface area (Å²) >= 11 is 0. The molecule has 0 radical (unpaired) electrons. The Labute approximate surface area is 212 Å². The quantitative estimate of drug-likeness (QED) is 0.351. The van der Waals surface area contributed by atoms with E-state index in [1.807, 2.05) is 36.4 Å². The molecule has 6 rings (SSSR count). The summed E-state index contributed by atoms with van der Waals surface area (Å²) < 4.78 is 12.0. The number of nitrogens with one attached hydrogen (secondary N) is 2. The average molecular weight is 497 g/mol. The predicted molar refractivity (Wildman–Crippen MR) is 136 cm³/mol. The van der Waals surface area contributed by atoms with E-state index in [9.17, 15) is 14.7 Å². The van der Waals surface area contributed by atoms with Crippen LogP contribution in [0, 0.1) is 0 Å². The largest absolute Gasteiger partial charge is 0.507 e. The summed E-state index contributed by atoms with van der Waals surface area (Å²) in [5.41, 5.74) is 3.60. The average Bonchev–Trinajstić information content (AvgIpc) is 3.48. The maximum Gasteiger partial charge on any atom is 0.342 e. The molecule has 2 amide bonds. The molecule has 3 N–H and O–H groups in total. The zero-order valence-electron chi connectivity index (χ0n) is 19.8. The number of benzene rings is 3. The van der Waals surface area contributed by atoms with Crippen LogP contribution in [0.15, 0.2) is 72.8 Å². The highest BCUT2D eigenvalue weighted by Gasteiger charge is 2.30. The van der Waals surface area contributed by atoms with E-state index in [0.29, 0.717) is 40.6 Å². The topological polar surface area (TPSA) is 115 Å².